The highest BCUT2D eigenvalue weighted by Crippen LogP contribution is 2.22. The van der Waals surface area contributed by atoms with Crippen LogP contribution in [0.4, 0.5) is 0 Å². The van der Waals surface area contributed by atoms with Crippen molar-refractivity contribution in [3.05, 3.63) is 26.7 Å². The van der Waals surface area contributed by atoms with Gasteiger partial charge in [0.05, 0.1) is 5.75 Å². The fourth-order valence-electron chi connectivity index (χ4n) is 2.33. The molecule has 0 N–H and O–H groups in total. The molecule has 0 saturated carbocycles. The SMILES string of the molecule is Cc1nc(SCC(=O)N(C)C)c2c(=O)n(C)c(=O)n(CC(C)C)c2n1. The Morgan fingerprint density at radius 1 is 1.24 bits per heavy atom. The molecule has 0 aliphatic rings. The number of hydrogen-bond donors (Lipinski definition) is 0. The molecule has 0 saturated heterocycles. The average molecular weight is 365 g/mol. The third-order valence-electron chi connectivity index (χ3n) is 3.64. The van der Waals surface area contributed by atoms with Crippen LogP contribution in [-0.2, 0) is 18.4 Å². The zero-order valence-electron chi connectivity index (χ0n) is 15.4. The second kappa shape index (κ2) is 7.38. The lowest BCUT2D eigenvalue weighted by Crippen LogP contribution is -2.39. The van der Waals surface area contributed by atoms with Crippen LogP contribution in [-0.4, -0.2) is 49.8 Å². The number of rotatable bonds is 5. The molecule has 2 aromatic rings. The Balaban J connectivity index is 2.72. The first-order valence-corrected chi connectivity index (χ1v) is 8.93. The van der Waals surface area contributed by atoms with Gasteiger partial charge in [-0.3, -0.25) is 18.7 Å². The van der Waals surface area contributed by atoms with E-state index in [-0.39, 0.29) is 23.0 Å². The van der Waals surface area contributed by atoms with E-state index in [1.54, 1.807) is 21.0 Å². The summed E-state index contributed by atoms with van der Waals surface area (Å²) < 4.78 is 2.58. The molecule has 0 bridgehead atoms. The summed E-state index contributed by atoms with van der Waals surface area (Å²) in [5.74, 6) is 0.740. The Morgan fingerprint density at radius 3 is 2.44 bits per heavy atom. The minimum absolute atomic E-state index is 0.0817. The summed E-state index contributed by atoms with van der Waals surface area (Å²) in [6.45, 7) is 6.13. The van der Waals surface area contributed by atoms with Crippen LogP contribution in [0.25, 0.3) is 11.0 Å². The van der Waals surface area contributed by atoms with Gasteiger partial charge in [0.25, 0.3) is 5.56 Å². The molecule has 0 spiro atoms. The third-order valence-corrected chi connectivity index (χ3v) is 4.60. The Bertz CT molecular complexity index is 930. The van der Waals surface area contributed by atoms with Crippen LogP contribution in [0.2, 0.25) is 0 Å². The second-order valence-corrected chi connectivity index (χ2v) is 7.47. The van der Waals surface area contributed by atoms with Crippen LogP contribution in [0.5, 0.6) is 0 Å². The molecule has 0 aliphatic carbocycles. The first kappa shape index (κ1) is 19.2. The molecule has 0 aromatic carbocycles. The lowest BCUT2D eigenvalue weighted by molar-refractivity contribution is -0.125. The van der Waals surface area contributed by atoms with Crippen molar-refractivity contribution in [3.8, 4) is 0 Å². The number of fused-ring (bicyclic) bond motifs is 1. The first-order valence-electron chi connectivity index (χ1n) is 7.94. The van der Waals surface area contributed by atoms with Crippen molar-refractivity contribution in [1.82, 2.24) is 24.0 Å². The number of carbonyl (C=O) groups is 1. The van der Waals surface area contributed by atoms with Crippen LogP contribution in [0.1, 0.15) is 19.7 Å². The first-order chi connectivity index (χ1) is 11.6. The van der Waals surface area contributed by atoms with Gasteiger partial charge in [0, 0.05) is 27.7 Å². The molecular formula is C16H23N5O3S. The number of carbonyl (C=O) groups excluding carboxylic acids is 1. The fraction of sp³-hybridized carbons (Fsp3) is 0.562. The van der Waals surface area contributed by atoms with Crippen molar-refractivity contribution in [1.29, 1.82) is 0 Å². The zero-order chi connectivity index (χ0) is 18.9. The molecule has 0 atom stereocenters. The molecule has 136 valence electrons. The quantitative estimate of drug-likeness (QED) is 0.570. The standard InChI is InChI=1S/C16H23N5O3S/c1-9(2)7-21-13-12(15(23)20(6)16(21)24)14(18-10(3)17-13)25-8-11(22)19(4)5/h9H,7-8H2,1-6H3. The van der Waals surface area contributed by atoms with Crippen molar-refractivity contribution in [3.63, 3.8) is 0 Å². The fourth-order valence-corrected chi connectivity index (χ4v) is 3.37. The second-order valence-electron chi connectivity index (χ2n) is 6.50. The number of aryl methyl sites for hydroxylation is 1. The monoisotopic (exact) mass is 365 g/mol. The van der Waals surface area contributed by atoms with Crippen LogP contribution < -0.4 is 11.2 Å². The Labute approximate surface area is 149 Å². The topological polar surface area (TPSA) is 90.1 Å². The molecule has 1 amide bonds. The molecule has 2 heterocycles. The van der Waals surface area contributed by atoms with Gasteiger partial charge in [-0.05, 0) is 12.8 Å². The van der Waals surface area contributed by atoms with E-state index in [0.29, 0.717) is 23.0 Å². The molecule has 0 radical (unpaired) electrons. The van der Waals surface area contributed by atoms with Crippen molar-refractivity contribution in [2.24, 2.45) is 13.0 Å². The van der Waals surface area contributed by atoms with Crippen molar-refractivity contribution >= 4 is 28.7 Å². The minimum Gasteiger partial charge on any atom is -0.348 e. The largest absolute Gasteiger partial charge is 0.348 e. The van der Waals surface area contributed by atoms with Gasteiger partial charge in [-0.1, -0.05) is 25.6 Å². The van der Waals surface area contributed by atoms with Gasteiger partial charge < -0.3 is 4.90 Å². The summed E-state index contributed by atoms with van der Waals surface area (Å²) in [7, 11) is 4.79. The van der Waals surface area contributed by atoms with Crippen molar-refractivity contribution in [2.45, 2.75) is 32.3 Å². The third kappa shape index (κ3) is 3.92. The van der Waals surface area contributed by atoms with Gasteiger partial charge in [0.1, 0.15) is 16.2 Å². The number of amides is 1. The summed E-state index contributed by atoms with van der Waals surface area (Å²) in [6.07, 6.45) is 0. The normalized spacial score (nSPS) is 11.3. The molecule has 0 fully saturated rings. The van der Waals surface area contributed by atoms with Gasteiger partial charge in [0.15, 0.2) is 5.65 Å². The van der Waals surface area contributed by atoms with Crippen LogP contribution >= 0.6 is 11.8 Å². The Kier molecular flexibility index (Phi) is 5.66. The lowest BCUT2D eigenvalue weighted by atomic mass is 10.2. The molecule has 0 aliphatic heterocycles. The van der Waals surface area contributed by atoms with Crippen molar-refractivity contribution < 1.29 is 4.79 Å². The van der Waals surface area contributed by atoms with Gasteiger partial charge >= 0.3 is 5.69 Å². The highest BCUT2D eigenvalue weighted by molar-refractivity contribution is 8.00. The smallest absolute Gasteiger partial charge is 0.332 e. The van der Waals surface area contributed by atoms with E-state index in [2.05, 4.69) is 9.97 Å². The van der Waals surface area contributed by atoms with E-state index >= 15 is 0 Å². The number of thioether (sulfide) groups is 1. The molecule has 2 rings (SSSR count). The van der Waals surface area contributed by atoms with E-state index in [4.69, 9.17) is 0 Å². The van der Waals surface area contributed by atoms with E-state index in [1.807, 2.05) is 13.8 Å². The summed E-state index contributed by atoms with van der Waals surface area (Å²) in [6, 6.07) is 0. The van der Waals surface area contributed by atoms with Crippen molar-refractivity contribution in [2.75, 3.05) is 19.8 Å². The minimum atomic E-state index is -0.445. The summed E-state index contributed by atoms with van der Waals surface area (Å²) >= 11 is 1.19. The molecule has 25 heavy (non-hydrogen) atoms. The molecule has 2 aromatic heterocycles. The number of nitrogens with zero attached hydrogens (tertiary/aromatic N) is 5. The van der Waals surface area contributed by atoms with Gasteiger partial charge in [-0.25, -0.2) is 14.8 Å². The highest BCUT2D eigenvalue weighted by Gasteiger charge is 2.19. The summed E-state index contributed by atoms with van der Waals surface area (Å²) in [5, 5.41) is 0.709. The maximum Gasteiger partial charge on any atom is 0.332 e. The Hall–Kier alpha value is -2.16. The van der Waals surface area contributed by atoms with E-state index in [9.17, 15) is 14.4 Å². The molecule has 9 heteroatoms. The predicted molar refractivity (Wildman–Crippen MR) is 98.0 cm³/mol. The van der Waals surface area contributed by atoms with E-state index in [0.717, 1.165) is 4.57 Å². The number of aromatic nitrogens is 4. The van der Waals surface area contributed by atoms with Gasteiger partial charge in [-0.2, -0.15) is 0 Å². The number of hydrogen-bond acceptors (Lipinski definition) is 6. The lowest BCUT2D eigenvalue weighted by Gasteiger charge is -2.15. The van der Waals surface area contributed by atoms with E-state index < -0.39 is 11.2 Å². The van der Waals surface area contributed by atoms with Gasteiger partial charge in [0.2, 0.25) is 5.91 Å². The zero-order valence-corrected chi connectivity index (χ0v) is 16.2. The van der Waals surface area contributed by atoms with Gasteiger partial charge in [-0.15, -0.1) is 0 Å². The molecular weight excluding hydrogens is 342 g/mol. The highest BCUT2D eigenvalue weighted by atomic mass is 32.2. The summed E-state index contributed by atoms with van der Waals surface area (Å²) in [5.41, 5.74) is -0.515. The maximum absolute atomic E-state index is 12.7. The van der Waals surface area contributed by atoms with Crippen LogP contribution in [0, 0.1) is 12.8 Å². The average Bonchev–Trinajstić information content (AvgIpc) is 2.53. The summed E-state index contributed by atoms with van der Waals surface area (Å²) in [4.78, 5) is 47.2. The molecule has 0 unspecified atom stereocenters. The van der Waals surface area contributed by atoms with E-state index in [1.165, 1.54) is 28.3 Å². The maximum atomic E-state index is 12.7. The van der Waals surface area contributed by atoms with Crippen LogP contribution in [0.15, 0.2) is 14.6 Å². The predicted octanol–water partition coefficient (Wildman–Crippen LogP) is 0.635. The Morgan fingerprint density at radius 2 is 1.88 bits per heavy atom. The van der Waals surface area contributed by atoms with Crippen LogP contribution in [0.3, 0.4) is 0 Å². The molecule has 8 nitrogen and oxygen atoms in total.